The molecule has 0 bridgehead atoms. The second-order valence-corrected chi connectivity index (χ2v) is 6.68. The van der Waals surface area contributed by atoms with Crippen molar-refractivity contribution in [1.29, 1.82) is 0 Å². The fourth-order valence-electron chi connectivity index (χ4n) is 2.96. The number of alkyl carbamates (subject to hydrolysis) is 1. The van der Waals surface area contributed by atoms with Crippen LogP contribution in [0.4, 0.5) is 4.79 Å². The van der Waals surface area contributed by atoms with E-state index in [0.717, 1.165) is 0 Å². The number of hydrogen-bond acceptors (Lipinski definition) is 7. The number of fused-ring (bicyclic) bond motifs is 1. The van der Waals surface area contributed by atoms with E-state index in [9.17, 15) is 25.2 Å². The molecule has 0 aromatic heterocycles. The van der Waals surface area contributed by atoms with Crippen molar-refractivity contribution in [3.8, 4) is 28.7 Å². The second kappa shape index (κ2) is 7.14. The number of phenols is 4. The van der Waals surface area contributed by atoms with E-state index >= 15 is 0 Å². The number of hydrogen-bond donors (Lipinski definition) is 5. The first-order chi connectivity index (χ1) is 12.7. The SMILES string of the molecule is CC(C)NC(=O)O[C@@H]1Cc2c(O)cc(O)cc2O[C@H]1c1ccc(O)c(O)c1. The van der Waals surface area contributed by atoms with Crippen molar-refractivity contribution in [2.45, 2.75) is 38.5 Å². The van der Waals surface area contributed by atoms with Crippen molar-refractivity contribution in [3.63, 3.8) is 0 Å². The largest absolute Gasteiger partial charge is 0.508 e. The molecule has 0 fully saturated rings. The van der Waals surface area contributed by atoms with Gasteiger partial charge in [0.2, 0.25) is 0 Å². The Morgan fingerprint density at radius 1 is 1.11 bits per heavy atom. The minimum atomic E-state index is -0.817. The lowest BCUT2D eigenvalue weighted by atomic mass is 9.93. The summed E-state index contributed by atoms with van der Waals surface area (Å²) in [5.74, 6) is -0.731. The lowest BCUT2D eigenvalue weighted by Gasteiger charge is -2.34. The number of nitrogens with one attached hydrogen (secondary N) is 1. The Hall–Kier alpha value is -3.29. The predicted molar refractivity (Wildman–Crippen MR) is 95.2 cm³/mol. The topological polar surface area (TPSA) is 128 Å². The van der Waals surface area contributed by atoms with E-state index in [1.807, 2.05) is 0 Å². The molecule has 2 atom stereocenters. The Morgan fingerprint density at radius 3 is 2.52 bits per heavy atom. The third-order valence-electron chi connectivity index (χ3n) is 4.16. The van der Waals surface area contributed by atoms with E-state index in [4.69, 9.17) is 9.47 Å². The molecule has 0 unspecified atom stereocenters. The van der Waals surface area contributed by atoms with Crippen molar-refractivity contribution in [2.24, 2.45) is 0 Å². The normalized spacial score (nSPS) is 18.5. The maximum absolute atomic E-state index is 12.1. The second-order valence-electron chi connectivity index (χ2n) is 6.68. The summed E-state index contributed by atoms with van der Waals surface area (Å²) in [5, 5.41) is 41.8. The molecule has 0 spiro atoms. The predicted octanol–water partition coefficient (Wildman–Crippen LogP) is 2.69. The van der Waals surface area contributed by atoms with E-state index in [1.54, 1.807) is 13.8 Å². The molecule has 27 heavy (non-hydrogen) atoms. The van der Waals surface area contributed by atoms with Gasteiger partial charge < -0.3 is 35.2 Å². The van der Waals surface area contributed by atoms with Gasteiger partial charge in [-0.05, 0) is 26.0 Å². The summed E-state index contributed by atoms with van der Waals surface area (Å²) in [6, 6.07) is 6.55. The zero-order chi connectivity index (χ0) is 19.7. The molecule has 0 aliphatic carbocycles. The summed E-state index contributed by atoms with van der Waals surface area (Å²) in [6.07, 6.45) is -2.13. The van der Waals surface area contributed by atoms with Gasteiger partial charge in [0, 0.05) is 35.7 Å². The molecule has 8 nitrogen and oxygen atoms in total. The number of aromatic hydroxyl groups is 4. The minimum absolute atomic E-state index is 0.129. The summed E-state index contributed by atoms with van der Waals surface area (Å²) in [7, 11) is 0. The van der Waals surface area contributed by atoms with Gasteiger partial charge in [-0.3, -0.25) is 0 Å². The first-order valence-corrected chi connectivity index (χ1v) is 8.45. The zero-order valence-corrected chi connectivity index (χ0v) is 14.8. The van der Waals surface area contributed by atoms with Crippen LogP contribution in [0.2, 0.25) is 0 Å². The Kier molecular flexibility index (Phi) is 4.89. The van der Waals surface area contributed by atoms with E-state index in [2.05, 4.69) is 5.32 Å². The molecular formula is C19H21NO7. The van der Waals surface area contributed by atoms with Crippen LogP contribution >= 0.6 is 0 Å². The number of phenolic OH excluding ortho intramolecular Hbond substituents is 4. The Labute approximate surface area is 155 Å². The van der Waals surface area contributed by atoms with Crippen molar-refractivity contribution in [1.82, 2.24) is 5.32 Å². The van der Waals surface area contributed by atoms with Crippen LogP contribution in [0.1, 0.15) is 31.1 Å². The lowest BCUT2D eigenvalue weighted by Crippen LogP contribution is -2.39. The fraction of sp³-hybridized carbons (Fsp3) is 0.316. The fourth-order valence-corrected chi connectivity index (χ4v) is 2.96. The number of carbonyl (C=O) groups excluding carboxylic acids is 1. The van der Waals surface area contributed by atoms with Gasteiger partial charge in [-0.15, -0.1) is 0 Å². The standard InChI is InChI=1S/C19H21NO7/c1-9(2)20-19(25)27-17-8-12-14(23)6-11(21)7-16(12)26-18(17)10-3-4-13(22)15(24)5-10/h3-7,9,17-18,21-24H,8H2,1-2H3,(H,20,25)/t17-,18+/m1/s1. The third-order valence-corrected chi connectivity index (χ3v) is 4.16. The molecule has 8 heteroatoms. The first kappa shape index (κ1) is 18.5. The van der Waals surface area contributed by atoms with Crippen LogP contribution in [0.5, 0.6) is 28.7 Å². The summed E-state index contributed by atoms with van der Waals surface area (Å²) in [4.78, 5) is 12.1. The lowest BCUT2D eigenvalue weighted by molar-refractivity contribution is 0.00163. The van der Waals surface area contributed by atoms with Gasteiger partial charge in [0.1, 0.15) is 23.4 Å². The Balaban J connectivity index is 1.97. The van der Waals surface area contributed by atoms with Gasteiger partial charge in [0.15, 0.2) is 17.6 Å². The smallest absolute Gasteiger partial charge is 0.407 e. The highest BCUT2D eigenvalue weighted by Crippen LogP contribution is 2.43. The van der Waals surface area contributed by atoms with Gasteiger partial charge in [-0.2, -0.15) is 0 Å². The van der Waals surface area contributed by atoms with Gasteiger partial charge in [0.05, 0.1) is 0 Å². The summed E-state index contributed by atoms with van der Waals surface area (Å²) in [5.41, 5.74) is 0.857. The van der Waals surface area contributed by atoms with Crippen molar-refractivity contribution >= 4 is 6.09 Å². The van der Waals surface area contributed by atoms with Crippen LogP contribution in [0.3, 0.4) is 0 Å². The van der Waals surface area contributed by atoms with Crippen molar-refractivity contribution in [2.75, 3.05) is 0 Å². The van der Waals surface area contributed by atoms with Crippen molar-refractivity contribution in [3.05, 3.63) is 41.5 Å². The van der Waals surface area contributed by atoms with Gasteiger partial charge in [-0.25, -0.2) is 4.79 Å². The monoisotopic (exact) mass is 375 g/mol. The molecular weight excluding hydrogens is 354 g/mol. The van der Waals surface area contributed by atoms with Crippen LogP contribution in [-0.2, 0) is 11.2 Å². The van der Waals surface area contributed by atoms with E-state index < -0.39 is 18.3 Å². The van der Waals surface area contributed by atoms with E-state index in [0.29, 0.717) is 11.1 Å². The highest BCUT2D eigenvalue weighted by atomic mass is 16.6. The molecule has 3 rings (SSSR count). The molecule has 0 saturated carbocycles. The van der Waals surface area contributed by atoms with Gasteiger partial charge >= 0.3 is 6.09 Å². The number of amides is 1. The van der Waals surface area contributed by atoms with E-state index in [1.165, 1.54) is 30.3 Å². The number of benzene rings is 2. The quantitative estimate of drug-likeness (QED) is 0.522. The van der Waals surface area contributed by atoms with Crippen LogP contribution in [0.15, 0.2) is 30.3 Å². The highest BCUT2D eigenvalue weighted by molar-refractivity contribution is 5.68. The zero-order valence-electron chi connectivity index (χ0n) is 14.8. The van der Waals surface area contributed by atoms with E-state index in [-0.39, 0.29) is 41.2 Å². The number of ether oxygens (including phenoxy) is 2. The molecule has 2 aromatic carbocycles. The Bertz CT molecular complexity index is 865. The summed E-state index contributed by atoms with van der Waals surface area (Å²) < 4.78 is 11.4. The molecule has 1 heterocycles. The molecule has 0 radical (unpaired) electrons. The molecule has 0 saturated heterocycles. The maximum Gasteiger partial charge on any atom is 0.407 e. The molecule has 1 aliphatic heterocycles. The van der Waals surface area contributed by atoms with Crippen LogP contribution in [-0.4, -0.2) is 38.7 Å². The van der Waals surface area contributed by atoms with Crippen LogP contribution in [0, 0.1) is 0 Å². The highest BCUT2D eigenvalue weighted by Gasteiger charge is 2.36. The minimum Gasteiger partial charge on any atom is -0.508 e. The van der Waals surface area contributed by atoms with Gasteiger partial charge in [0.25, 0.3) is 0 Å². The molecule has 1 aliphatic rings. The van der Waals surface area contributed by atoms with Crippen LogP contribution < -0.4 is 10.1 Å². The maximum atomic E-state index is 12.1. The third kappa shape index (κ3) is 3.94. The van der Waals surface area contributed by atoms with Crippen molar-refractivity contribution < 1.29 is 34.7 Å². The molecule has 2 aromatic rings. The number of carbonyl (C=O) groups is 1. The number of rotatable bonds is 3. The summed E-state index contributed by atoms with van der Waals surface area (Å²) in [6.45, 7) is 3.58. The van der Waals surface area contributed by atoms with Gasteiger partial charge in [-0.1, -0.05) is 6.07 Å². The Morgan fingerprint density at radius 2 is 1.85 bits per heavy atom. The average Bonchev–Trinajstić information content (AvgIpc) is 2.56. The molecule has 144 valence electrons. The van der Waals surface area contributed by atoms with Crippen LogP contribution in [0.25, 0.3) is 0 Å². The summed E-state index contributed by atoms with van der Waals surface area (Å²) >= 11 is 0. The molecule has 1 amide bonds. The molecule has 5 N–H and O–H groups in total. The average molecular weight is 375 g/mol. The first-order valence-electron chi connectivity index (χ1n) is 8.45.